The lowest BCUT2D eigenvalue weighted by atomic mass is 10.1. The summed E-state index contributed by atoms with van der Waals surface area (Å²) in [4.78, 5) is 11.7. The number of nitrogens with one attached hydrogen (secondary N) is 1. The number of benzene rings is 2. The van der Waals surface area contributed by atoms with Gasteiger partial charge in [0.05, 0.1) is 10.7 Å². The van der Waals surface area contributed by atoms with Crippen LogP contribution in [0.15, 0.2) is 45.6 Å². The normalized spacial score (nSPS) is 11.0. The second kappa shape index (κ2) is 6.22. The van der Waals surface area contributed by atoms with Crippen LogP contribution in [0.25, 0.3) is 11.0 Å². The van der Waals surface area contributed by atoms with Crippen molar-refractivity contribution in [3.63, 3.8) is 0 Å². The van der Waals surface area contributed by atoms with E-state index in [0.29, 0.717) is 22.8 Å². The molecular formula is C17H12Cl2FNO2. The van der Waals surface area contributed by atoms with Crippen LogP contribution in [0.3, 0.4) is 0 Å². The lowest BCUT2D eigenvalue weighted by molar-refractivity contribution is 0.559. The summed E-state index contributed by atoms with van der Waals surface area (Å²) in [6, 6.07) is 8.97. The predicted octanol–water partition coefficient (Wildman–Crippen LogP) is 5.16. The zero-order valence-electron chi connectivity index (χ0n) is 12.1. The summed E-state index contributed by atoms with van der Waals surface area (Å²) in [6.45, 7) is 2.16. The van der Waals surface area contributed by atoms with Crippen molar-refractivity contribution in [1.29, 1.82) is 0 Å². The highest BCUT2D eigenvalue weighted by molar-refractivity contribution is 6.33. The van der Waals surface area contributed by atoms with Crippen LogP contribution in [-0.2, 0) is 6.54 Å². The molecule has 6 heteroatoms. The number of halogens is 3. The van der Waals surface area contributed by atoms with Gasteiger partial charge in [-0.15, -0.1) is 0 Å². The van der Waals surface area contributed by atoms with Crippen LogP contribution in [0.2, 0.25) is 10.0 Å². The molecule has 0 radical (unpaired) electrons. The summed E-state index contributed by atoms with van der Waals surface area (Å²) in [5.41, 5.74) is 2.16. The summed E-state index contributed by atoms with van der Waals surface area (Å²) in [5, 5.41) is 4.69. The molecule has 0 aliphatic rings. The van der Waals surface area contributed by atoms with Crippen LogP contribution in [0.1, 0.15) is 11.1 Å². The second-order valence-electron chi connectivity index (χ2n) is 5.17. The Labute approximate surface area is 141 Å². The van der Waals surface area contributed by atoms with Gasteiger partial charge in [-0.05, 0) is 48.4 Å². The van der Waals surface area contributed by atoms with Gasteiger partial charge in [-0.1, -0.05) is 23.2 Å². The third kappa shape index (κ3) is 3.33. The van der Waals surface area contributed by atoms with Crippen LogP contribution in [0, 0.1) is 12.7 Å². The van der Waals surface area contributed by atoms with Crippen molar-refractivity contribution >= 4 is 39.9 Å². The van der Waals surface area contributed by atoms with Gasteiger partial charge in [0.1, 0.15) is 11.4 Å². The molecular weight excluding hydrogens is 340 g/mol. The molecule has 0 saturated heterocycles. The van der Waals surface area contributed by atoms with Crippen LogP contribution in [-0.4, -0.2) is 0 Å². The molecule has 0 spiro atoms. The molecule has 0 amide bonds. The number of aryl methyl sites for hydroxylation is 1. The molecule has 0 aliphatic heterocycles. The summed E-state index contributed by atoms with van der Waals surface area (Å²) < 4.78 is 18.3. The van der Waals surface area contributed by atoms with Gasteiger partial charge in [0.25, 0.3) is 0 Å². The Balaban J connectivity index is 1.99. The number of fused-ring (bicyclic) bond motifs is 1. The van der Waals surface area contributed by atoms with Gasteiger partial charge >= 0.3 is 5.63 Å². The maximum Gasteiger partial charge on any atom is 0.336 e. The van der Waals surface area contributed by atoms with Gasteiger partial charge in [-0.2, -0.15) is 0 Å². The quantitative estimate of drug-likeness (QED) is 0.662. The second-order valence-corrected chi connectivity index (χ2v) is 5.98. The molecule has 0 aliphatic carbocycles. The average Bonchev–Trinajstić information content (AvgIpc) is 2.48. The van der Waals surface area contributed by atoms with Crippen molar-refractivity contribution in [2.45, 2.75) is 13.5 Å². The third-order valence-corrected chi connectivity index (χ3v) is 4.23. The standard InChI is InChI=1S/C17H12Cl2FNO2/c1-9-4-16-12(7-13(9)18)10(5-17(22)23-16)8-21-15-3-2-11(20)6-14(15)19/h2-7,21H,8H2,1H3. The molecule has 1 aromatic heterocycles. The summed E-state index contributed by atoms with van der Waals surface area (Å²) >= 11 is 12.1. The fraction of sp³-hybridized carbons (Fsp3) is 0.118. The number of hydrogen-bond donors (Lipinski definition) is 1. The Morgan fingerprint density at radius 3 is 2.65 bits per heavy atom. The highest BCUT2D eigenvalue weighted by Gasteiger charge is 2.09. The van der Waals surface area contributed by atoms with Crippen molar-refractivity contribution in [1.82, 2.24) is 0 Å². The minimum atomic E-state index is -0.443. The SMILES string of the molecule is Cc1cc2oc(=O)cc(CNc3ccc(F)cc3Cl)c2cc1Cl. The fourth-order valence-corrected chi connectivity index (χ4v) is 2.72. The van der Waals surface area contributed by atoms with Crippen LogP contribution in [0.5, 0.6) is 0 Å². The summed E-state index contributed by atoms with van der Waals surface area (Å²) in [5.74, 6) is -0.409. The Hall–Kier alpha value is -2.04. The maximum atomic E-state index is 13.1. The summed E-state index contributed by atoms with van der Waals surface area (Å²) in [7, 11) is 0. The topological polar surface area (TPSA) is 42.2 Å². The van der Waals surface area contributed by atoms with E-state index < -0.39 is 11.4 Å². The van der Waals surface area contributed by atoms with Crippen molar-refractivity contribution < 1.29 is 8.81 Å². The molecule has 23 heavy (non-hydrogen) atoms. The molecule has 3 rings (SSSR count). The first-order valence-corrected chi connectivity index (χ1v) is 7.61. The highest BCUT2D eigenvalue weighted by Crippen LogP contribution is 2.27. The zero-order chi connectivity index (χ0) is 16.6. The van der Waals surface area contributed by atoms with Crippen molar-refractivity contribution in [3.05, 3.63) is 73.8 Å². The van der Waals surface area contributed by atoms with Gasteiger partial charge < -0.3 is 9.73 Å². The first kappa shape index (κ1) is 15.8. The fourth-order valence-electron chi connectivity index (χ4n) is 2.32. The minimum Gasteiger partial charge on any atom is -0.423 e. The molecule has 0 atom stereocenters. The predicted molar refractivity (Wildman–Crippen MR) is 91.0 cm³/mol. The minimum absolute atomic E-state index is 0.270. The highest BCUT2D eigenvalue weighted by atomic mass is 35.5. The molecule has 3 aromatic rings. The van der Waals surface area contributed by atoms with Crippen LogP contribution in [0.4, 0.5) is 10.1 Å². The summed E-state index contributed by atoms with van der Waals surface area (Å²) in [6.07, 6.45) is 0. The van der Waals surface area contributed by atoms with E-state index in [9.17, 15) is 9.18 Å². The lowest BCUT2D eigenvalue weighted by Crippen LogP contribution is -2.06. The van der Waals surface area contributed by atoms with E-state index in [0.717, 1.165) is 16.5 Å². The molecule has 118 valence electrons. The molecule has 0 unspecified atom stereocenters. The van der Waals surface area contributed by atoms with Gasteiger partial charge in [0.15, 0.2) is 0 Å². The number of anilines is 1. The molecule has 0 fully saturated rings. The van der Waals surface area contributed by atoms with E-state index in [1.54, 1.807) is 18.2 Å². The smallest absolute Gasteiger partial charge is 0.336 e. The van der Waals surface area contributed by atoms with E-state index >= 15 is 0 Å². The molecule has 2 aromatic carbocycles. The van der Waals surface area contributed by atoms with Crippen LogP contribution >= 0.6 is 23.2 Å². The average molecular weight is 352 g/mol. The van der Waals surface area contributed by atoms with Crippen molar-refractivity contribution in [3.8, 4) is 0 Å². The lowest BCUT2D eigenvalue weighted by Gasteiger charge is -2.11. The molecule has 1 N–H and O–H groups in total. The first-order valence-electron chi connectivity index (χ1n) is 6.86. The number of hydrogen-bond acceptors (Lipinski definition) is 3. The Kier molecular flexibility index (Phi) is 4.28. The third-order valence-electron chi connectivity index (χ3n) is 3.51. The molecule has 0 saturated carbocycles. The van der Waals surface area contributed by atoms with E-state index in [2.05, 4.69) is 5.32 Å². The molecule has 3 nitrogen and oxygen atoms in total. The van der Waals surface area contributed by atoms with E-state index in [1.165, 1.54) is 18.2 Å². The maximum absolute atomic E-state index is 13.1. The molecule has 0 bridgehead atoms. The zero-order valence-corrected chi connectivity index (χ0v) is 13.6. The van der Waals surface area contributed by atoms with Crippen molar-refractivity contribution in [2.24, 2.45) is 0 Å². The number of rotatable bonds is 3. The first-order chi connectivity index (χ1) is 10.9. The van der Waals surface area contributed by atoms with E-state index in [-0.39, 0.29) is 5.02 Å². The van der Waals surface area contributed by atoms with Gasteiger partial charge in [0.2, 0.25) is 0 Å². The Morgan fingerprint density at radius 2 is 1.91 bits per heavy atom. The van der Waals surface area contributed by atoms with Gasteiger partial charge in [-0.3, -0.25) is 0 Å². The van der Waals surface area contributed by atoms with E-state index in [4.69, 9.17) is 27.6 Å². The van der Waals surface area contributed by atoms with Gasteiger partial charge in [-0.25, -0.2) is 9.18 Å². The molecule has 1 heterocycles. The Bertz CT molecular complexity index is 953. The Morgan fingerprint density at radius 1 is 1.13 bits per heavy atom. The van der Waals surface area contributed by atoms with Crippen LogP contribution < -0.4 is 10.9 Å². The van der Waals surface area contributed by atoms with Gasteiger partial charge in [0, 0.05) is 23.0 Å². The monoisotopic (exact) mass is 351 g/mol. The van der Waals surface area contributed by atoms with E-state index in [1.807, 2.05) is 6.92 Å². The van der Waals surface area contributed by atoms with Crippen molar-refractivity contribution in [2.75, 3.05) is 5.32 Å². The largest absolute Gasteiger partial charge is 0.423 e.